The Kier molecular flexibility index (Phi) is 3.79. The number of hydrogen-bond acceptors (Lipinski definition) is 2. The summed E-state index contributed by atoms with van der Waals surface area (Å²) in [5.41, 5.74) is 7.18. The first-order valence-electron chi connectivity index (χ1n) is 9.78. The summed E-state index contributed by atoms with van der Waals surface area (Å²) < 4.78 is 4.42. The number of nitrogens with one attached hydrogen (secondary N) is 1. The number of hydrogen-bond donors (Lipinski definition) is 1. The van der Waals surface area contributed by atoms with Gasteiger partial charge in [-0.25, -0.2) is 4.98 Å². The van der Waals surface area contributed by atoms with Crippen LogP contribution in [0.2, 0.25) is 5.02 Å². The lowest BCUT2D eigenvalue weighted by atomic mass is 10.2. The van der Waals surface area contributed by atoms with E-state index in [0.717, 1.165) is 44.9 Å². The smallest absolute Gasteiger partial charge is 0.220 e. The van der Waals surface area contributed by atoms with E-state index in [2.05, 4.69) is 68.9 Å². The van der Waals surface area contributed by atoms with Gasteiger partial charge in [0.15, 0.2) is 0 Å². The molecule has 6 aromatic rings. The molecule has 1 N–H and O–H groups in total. The maximum Gasteiger partial charge on any atom is 0.220 e. The predicted molar refractivity (Wildman–Crippen MR) is 124 cm³/mol. The van der Waals surface area contributed by atoms with Gasteiger partial charge < -0.3 is 5.32 Å². The fourth-order valence-electron chi connectivity index (χ4n) is 4.03. The summed E-state index contributed by atoms with van der Waals surface area (Å²) in [6.07, 6.45) is 0. The summed E-state index contributed by atoms with van der Waals surface area (Å²) in [6.45, 7) is 0. The maximum atomic E-state index is 6.33. The molecule has 144 valence electrons. The Hall–Kier alpha value is -3.76. The zero-order valence-corrected chi connectivity index (χ0v) is 16.7. The third kappa shape index (κ3) is 2.58. The molecule has 5 heteroatoms. The number of benzene rings is 4. The summed E-state index contributed by atoms with van der Waals surface area (Å²) in [5, 5.41) is 4.12. The van der Waals surface area contributed by atoms with Crippen LogP contribution in [-0.4, -0.2) is 14.0 Å². The molecule has 0 radical (unpaired) electrons. The zero-order valence-electron chi connectivity index (χ0n) is 16.0. The Morgan fingerprint density at radius 1 is 0.700 bits per heavy atom. The lowest BCUT2D eigenvalue weighted by Crippen LogP contribution is -1.94. The lowest BCUT2D eigenvalue weighted by Gasteiger charge is -2.08. The van der Waals surface area contributed by atoms with Gasteiger partial charge in [0.25, 0.3) is 0 Å². The minimum absolute atomic E-state index is 0.691. The van der Waals surface area contributed by atoms with Gasteiger partial charge in [-0.2, -0.15) is 0 Å². The van der Waals surface area contributed by atoms with Gasteiger partial charge in [0.1, 0.15) is 0 Å². The minimum Gasteiger partial charge on any atom is -0.354 e. The molecule has 0 aliphatic carbocycles. The van der Waals surface area contributed by atoms with Crippen LogP contribution in [-0.2, 0) is 0 Å². The summed E-state index contributed by atoms with van der Waals surface area (Å²) in [4.78, 5) is 4.97. The van der Waals surface area contributed by atoms with Crippen LogP contribution in [0.3, 0.4) is 0 Å². The molecule has 30 heavy (non-hydrogen) atoms. The third-order valence-electron chi connectivity index (χ3n) is 5.37. The molecule has 0 atom stereocenters. The first-order valence-corrected chi connectivity index (χ1v) is 10.2. The summed E-state index contributed by atoms with van der Waals surface area (Å²) in [7, 11) is 0. The molecule has 0 amide bonds. The van der Waals surface area contributed by atoms with Crippen LogP contribution in [0.4, 0.5) is 11.4 Å². The normalized spacial score (nSPS) is 11.5. The highest BCUT2D eigenvalue weighted by Crippen LogP contribution is 2.31. The van der Waals surface area contributed by atoms with Crippen molar-refractivity contribution in [1.82, 2.24) is 14.0 Å². The van der Waals surface area contributed by atoms with Gasteiger partial charge in [-0.05, 0) is 54.6 Å². The molecule has 6 rings (SSSR count). The Balaban J connectivity index is 1.62. The molecule has 4 nitrogen and oxygen atoms in total. The Bertz CT molecular complexity index is 1530. The van der Waals surface area contributed by atoms with Gasteiger partial charge in [-0.15, -0.1) is 0 Å². The van der Waals surface area contributed by atoms with E-state index in [0.29, 0.717) is 5.02 Å². The molecule has 0 aliphatic heterocycles. The summed E-state index contributed by atoms with van der Waals surface area (Å²) in [6, 6.07) is 32.7. The van der Waals surface area contributed by atoms with Crippen LogP contribution < -0.4 is 5.32 Å². The van der Waals surface area contributed by atoms with Gasteiger partial charge in [0, 0.05) is 11.4 Å². The number of para-hydroxylation sites is 4. The van der Waals surface area contributed by atoms with E-state index in [-0.39, 0.29) is 0 Å². The van der Waals surface area contributed by atoms with Gasteiger partial charge >= 0.3 is 0 Å². The minimum atomic E-state index is 0.691. The van der Waals surface area contributed by atoms with Crippen molar-refractivity contribution in [3.63, 3.8) is 0 Å². The standard InChI is InChI=1S/C25H17ClN4/c26-19-10-4-5-11-20(19)27-17-14-15-21-24(16-17)30-23-13-7-6-12-22(23)29(25(30)28-21)18-8-2-1-3-9-18/h1-16,27H. The van der Waals surface area contributed by atoms with E-state index >= 15 is 0 Å². The second-order valence-corrected chi connectivity index (χ2v) is 7.62. The second-order valence-electron chi connectivity index (χ2n) is 7.22. The van der Waals surface area contributed by atoms with E-state index in [1.165, 1.54) is 0 Å². The summed E-state index contributed by atoms with van der Waals surface area (Å²) >= 11 is 6.33. The van der Waals surface area contributed by atoms with Gasteiger partial charge in [-0.1, -0.05) is 54.1 Å². The molecular weight excluding hydrogens is 392 g/mol. The largest absolute Gasteiger partial charge is 0.354 e. The van der Waals surface area contributed by atoms with Crippen molar-refractivity contribution in [2.75, 3.05) is 5.32 Å². The Morgan fingerprint density at radius 3 is 2.27 bits per heavy atom. The molecule has 2 heterocycles. The van der Waals surface area contributed by atoms with Crippen molar-refractivity contribution in [3.05, 3.63) is 102 Å². The molecule has 0 saturated carbocycles. The van der Waals surface area contributed by atoms with E-state index in [9.17, 15) is 0 Å². The fourth-order valence-corrected chi connectivity index (χ4v) is 4.21. The highest BCUT2D eigenvalue weighted by atomic mass is 35.5. The molecule has 2 aromatic heterocycles. The quantitative estimate of drug-likeness (QED) is 0.348. The van der Waals surface area contributed by atoms with Crippen LogP contribution in [0.1, 0.15) is 0 Å². The van der Waals surface area contributed by atoms with Crippen molar-refractivity contribution in [2.45, 2.75) is 0 Å². The number of imidazole rings is 2. The lowest BCUT2D eigenvalue weighted by molar-refractivity contribution is 1.11. The zero-order chi connectivity index (χ0) is 20.1. The number of nitrogens with zero attached hydrogens (tertiary/aromatic N) is 3. The van der Waals surface area contributed by atoms with Crippen LogP contribution in [0.15, 0.2) is 97.1 Å². The molecule has 0 bridgehead atoms. The molecule has 0 spiro atoms. The maximum absolute atomic E-state index is 6.33. The van der Waals surface area contributed by atoms with Crippen LogP contribution in [0.25, 0.3) is 33.5 Å². The number of halogens is 1. The van der Waals surface area contributed by atoms with E-state index in [4.69, 9.17) is 16.6 Å². The third-order valence-corrected chi connectivity index (χ3v) is 5.70. The number of aromatic nitrogens is 3. The average molecular weight is 409 g/mol. The second kappa shape index (κ2) is 6.65. The molecular formula is C25H17ClN4. The number of rotatable bonds is 3. The molecule has 0 saturated heterocycles. The monoisotopic (exact) mass is 408 g/mol. The van der Waals surface area contributed by atoms with Gasteiger partial charge in [-0.3, -0.25) is 8.97 Å². The Morgan fingerprint density at radius 2 is 1.43 bits per heavy atom. The molecule has 0 aliphatic rings. The molecule has 0 fully saturated rings. The first kappa shape index (κ1) is 17.1. The molecule has 0 unspecified atom stereocenters. The molecule has 4 aromatic carbocycles. The topological polar surface area (TPSA) is 34.3 Å². The number of anilines is 2. The number of fused-ring (bicyclic) bond motifs is 5. The summed E-state index contributed by atoms with van der Waals surface area (Å²) in [5.74, 6) is 0.896. The van der Waals surface area contributed by atoms with Gasteiger partial charge in [0.2, 0.25) is 5.78 Å². The first-order chi connectivity index (χ1) is 14.8. The Labute approximate surface area is 178 Å². The van der Waals surface area contributed by atoms with E-state index in [1.54, 1.807) is 0 Å². The van der Waals surface area contributed by atoms with Crippen molar-refractivity contribution in [2.24, 2.45) is 0 Å². The van der Waals surface area contributed by atoms with Gasteiger partial charge in [0.05, 0.1) is 32.8 Å². The SMILES string of the molecule is Clc1ccccc1Nc1ccc2nc3n(-c4ccccc4)c4ccccc4n3c2c1. The highest BCUT2D eigenvalue weighted by molar-refractivity contribution is 6.33. The predicted octanol–water partition coefficient (Wildman–Crippen LogP) is 6.83. The highest BCUT2D eigenvalue weighted by Gasteiger charge is 2.17. The van der Waals surface area contributed by atoms with Crippen molar-refractivity contribution in [1.29, 1.82) is 0 Å². The van der Waals surface area contributed by atoms with Crippen molar-refractivity contribution < 1.29 is 0 Å². The van der Waals surface area contributed by atoms with E-state index in [1.807, 2.05) is 42.5 Å². The van der Waals surface area contributed by atoms with Crippen LogP contribution >= 0.6 is 11.6 Å². The fraction of sp³-hybridized carbons (Fsp3) is 0. The van der Waals surface area contributed by atoms with Crippen LogP contribution in [0, 0.1) is 0 Å². The van der Waals surface area contributed by atoms with E-state index < -0.39 is 0 Å². The average Bonchev–Trinajstić information content (AvgIpc) is 3.30. The van der Waals surface area contributed by atoms with Crippen molar-refractivity contribution >= 4 is 50.8 Å². The van der Waals surface area contributed by atoms with Crippen molar-refractivity contribution in [3.8, 4) is 5.69 Å². The van der Waals surface area contributed by atoms with Crippen LogP contribution in [0.5, 0.6) is 0 Å².